The molecular weight excluding hydrogens is 502 g/mol. The van der Waals surface area contributed by atoms with Gasteiger partial charge in [0.15, 0.2) is 11.4 Å². The van der Waals surface area contributed by atoms with Crippen molar-refractivity contribution < 1.29 is 19.1 Å². The number of hydrogen-bond acceptors (Lipinski definition) is 6. The van der Waals surface area contributed by atoms with Gasteiger partial charge in [-0.3, -0.25) is 4.79 Å². The van der Waals surface area contributed by atoms with Gasteiger partial charge in [-0.2, -0.15) is 0 Å². The van der Waals surface area contributed by atoms with Crippen LogP contribution >= 0.6 is 0 Å². The number of ketones is 1. The van der Waals surface area contributed by atoms with Crippen molar-refractivity contribution in [3.63, 3.8) is 0 Å². The van der Waals surface area contributed by atoms with E-state index in [1.54, 1.807) is 30.3 Å². The Kier molecular flexibility index (Phi) is 7.73. The number of ether oxygens (including phenoxy) is 2. The van der Waals surface area contributed by atoms with Crippen LogP contribution in [0.25, 0.3) is 11.2 Å². The summed E-state index contributed by atoms with van der Waals surface area (Å²) >= 11 is 0. The number of carbonyl (C=O) groups excluding carboxylic acids is 2. The number of aryl methyl sites for hydroxylation is 3. The summed E-state index contributed by atoms with van der Waals surface area (Å²) in [5, 5.41) is 0. The Balaban J connectivity index is 1.60. The Morgan fingerprint density at radius 3 is 2.27 bits per heavy atom. The van der Waals surface area contributed by atoms with E-state index in [0.29, 0.717) is 29.0 Å². The lowest BCUT2D eigenvalue weighted by Gasteiger charge is -2.20. The van der Waals surface area contributed by atoms with E-state index in [-0.39, 0.29) is 5.78 Å². The van der Waals surface area contributed by atoms with E-state index in [1.165, 1.54) is 7.11 Å². The number of aromatic nitrogens is 3. The first-order valence-electron chi connectivity index (χ1n) is 13.2. The predicted molar refractivity (Wildman–Crippen MR) is 154 cm³/mol. The van der Waals surface area contributed by atoms with Gasteiger partial charge in [-0.25, -0.2) is 14.8 Å². The fourth-order valence-corrected chi connectivity index (χ4v) is 4.88. The number of fused-ring (bicyclic) bond motifs is 1. The van der Waals surface area contributed by atoms with E-state index in [1.807, 2.05) is 68.4 Å². The molecule has 0 bridgehead atoms. The summed E-state index contributed by atoms with van der Waals surface area (Å²) in [7, 11) is 1.32. The molecule has 2 heterocycles. The van der Waals surface area contributed by atoms with Crippen LogP contribution in [-0.4, -0.2) is 33.4 Å². The normalized spacial score (nSPS) is 11.8. The largest absolute Gasteiger partial charge is 0.473 e. The van der Waals surface area contributed by atoms with Crippen molar-refractivity contribution >= 4 is 22.9 Å². The molecule has 0 fully saturated rings. The van der Waals surface area contributed by atoms with E-state index < -0.39 is 12.1 Å². The summed E-state index contributed by atoms with van der Waals surface area (Å²) in [4.78, 5) is 36.2. The summed E-state index contributed by atoms with van der Waals surface area (Å²) < 4.78 is 13.4. The van der Waals surface area contributed by atoms with Crippen LogP contribution in [0.3, 0.4) is 0 Å². The fraction of sp³-hybridized carbons (Fsp3) is 0.212. The second kappa shape index (κ2) is 11.5. The molecule has 0 spiro atoms. The van der Waals surface area contributed by atoms with E-state index in [9.17, 15) is 9.59 Å². The first-order valence-corrected chi connectivity index (χ1v) is 13.2. The number of pyridine rings is 1. The molecular formula is C33H31N3O4. The lowest BCUT2D eigenvalue weighted by Crippen LogP contribution is -2.21. The third-order valence-corrected chi connectivity index (χ3v) is 6.84. The van der Waals surface area contributed by atoms with Crippen molar-refractivity contribution in [3.05, 3.63) is 124 Å². The van der Waals surface area contributed by atoms with Gasteiger partial charge < -0.3 is 14.0 Å². The lowest BCUT2D eigenvalue weighted by molar-refractivity contribution is -0.149. The number of benzene rings is 3. The van der Waals surface area contributed by atoms with Gasteiger partial charge in [0, 0.05) is 23.2 Å². The molecule has 40 heavy (non-hydrogen) atoms. The van der Waals surface area contributed by atoms with Crippen LogP contribution in [0.4, 0.5) is 0 Å². The number of hydrogen-bond donors (Lipinski definition) is 0. The molecule has 0 amide bonds. The van der Waals surface area contributed by atoms with Gasteiger partial charge >= 0.3 is 5.97 Å². The maximum atomic E-state index is 13.8. The van der Waals surface area contributed by atoms with Gasteiger partial charge in [-0.05, 0) is 43.2 Å². The Morgan fingerprint density at radius 2 is 1.60 bits per heavy atom. The highest BCUT2D eigenvalue weighted by Gasteiger charge is 2.26. The zero-order valence-electron chi connectivity index (χ0n) is 23.0. The lowest BCUT2D eigenvalue weighted by atomic mass is 9.99. The quantitative estimate of drug-likeness (QED) is 0.166. The van der Waals surface area contributed by atoms with Gasteiger partial charge in [0.2, 0.25) is 6.10 Å². The smallest absolute Gasteiger partial charge is 0.351 e. The number of imidazole rings is 1. The zero-order chi connectivity index (χ0) is 28.2. The van der Waals surface area contributed by atoms with Crippen molar-refractivity contribution in [1.29, 1.82) is 0 Å². The van der Waals surface area contributed by atoms with Crippen LogP contribution in [0.2, 0.25) is 0 Å². The van der Waals surface area contributed by atoms with Gasteiger partial charge in [0.1, 0.15) is 17.1 Å². The topological polar surface area (TPSA) is 83.3 Å². The minimum Gasteiger partial charge on any atom is -0.473 e. The number of rotatable bonds is 9. The predicted octanol–water partition coefficient (Wildman–Crippen LogP) is 6.18. The first-order chi connectivity index (χ1) is 19.4. The molecule has 7 nitrogen and oxygen atoms in total. The van der Waals surface area contributed by atoms with Gasteiger partial charge in [-0.15, -0.1) is 0 Å². The minimum absolute atomic E-state index is 0.204. The van der Waals surface area contributed by atoms with Crippen LogP contribution in [0.5, 0.6) is 5.75 Å². The van der Waals surface area contributed by atoms with Gasteiger partial charge in [0.05, 0.1) is 19.2 Å². The molecule has 0 aliphatic carbocycles. The Hall–Kier alpha value is -4.78. The highest BCUT2D eigenvalue weighted by Crippen LogP contribution is 2.30. The number of nitrogens with zero attached hydrogens (tertiary/aromatic N) is 3. The van der Waals surface area contributed by atoms with Crippen molar-refractivity contribution in [3.8, 4) is 5.75 Å². The average molecular weight is 534 g/mol. The molecule has 0 saturated heterocycles. The summed E-state index contributed by atoms with van der Waals surface area (Å²) in [6.45, 7) is 6.56. The van der Waals surface area contributed by atoms with Crippen molar-refractivity contribution in [2.24, 2.45) is 0 Å². The van der Waals surface area contributed by atoms with Crippen LogP contribution < -0.4 is 4.74 Å². The number of carbonyl (C=O) groups is 2. The van der Waals surface area contributed by atoms with Crippen LogP contribution in [0.15, 0.2) is 84.9 Å². The highest BCUT2D eigenvalue weighted by atomic mass is 16.6. The summed E-state index contributed by atoms with van der Waals surface area (Å²) in [6.07, 6.45) is -0.289. The molecule has 0 aliphatic heterocycles. The van der Waals surface area contributed by atoms with Crippen LogP contribution in [0.1, 0.15) is 57.2 Å². The third kappa shape index (κ3) is 5.36. The molecule has 0 N–H and O–H groups in total. The van der Waals surface area contributed by atoms with E-state index >= 15 is 0 Å². The van der Waals surface area contributed by atoms with Crippen LogP contribution in [0, 0.1) is 13.8 Å². The van der Waals surface area contributed by atoms with Crippen molar-refractivity contribution in [2.75, 3.05) is 7.11 Å². The van der Waals surface area contributed by atoms with E-state index in [0.717, 1.165) is 40.2 Å². The molecule has 2 aromatic heterocycles. The summed E-state index contributed by atoms with van der Waals surface area (Å²) in [5.41, 5.74) is 6.10. The molecule has 5 aromatic rings. The van der Waals surface area contributed by atoms with Gasteiger partial charge in [-0.1, -0.05) is 73.7 Å². The standard InChI is InChI=1S/C33H31N3O4/c1-5-28-35-29-21(2)18-22(3)34-32(29)36(28)20-23-16-17-27(26(19-23)30(37)24-12-8-6-9-13-24)40-31(33(38)39-4)25-14-10-7-11-15-25/h6-19,31H,5,20H2,1-4H3. The molecule has 0 aliphatic rings. The zero-order valence-corrected chi connectivity index (χ0v) is 23.0. The van der Waals surface area contributed by atoms with Crippen LogP contribution in [-0.2, 0) is 22.5 Å². The van der Waals surface area contributed by atoms with E-state index in [4.69, 9.17) is 19.4 Å². The third-order valence-electron chi connectivity index (χ3n) is 6.84. The Labute approximate surface area is 233 Å². The van der Waals surface area contributed by atoms with Crippen molar-refractivity contribution in [2.45, 2.75) is 39.8 Å². The second-order valence-corrected chi connectivity index (χ2v) is 9.68. The average Bonchev–Trinajstić information content (AvgIpc) is 3.33. The van der Waals surface area contributed by atoms with Crippen molar-refractivity contribution in [1.82, 2.24) is 14.5 Å². The monoisotopic (exact) mass is 533 g/mol. The maximum absolute atomic E-state index is 13.8. The van der Waals surface area contributed by atoms with E-state index in [2.05, 4.69) is 11.5 Å². The molecule has 5 rings (SSSR count). The molecule has 0 radical (unpaired) electrons. The molecule has 0 saturated carbocycles. The first kappa shape index (κ1) is 26.8. The fourth-order valence-electron chi connectivity index (χ4n) is 4.88. The second-order valence-electron chi connectivity index (χ2n) is 9.68. The van der Waals surface area contributed by atoms with Gasteiger partial charge in [0.25, 0.3) is 0 Å². The molecule has 7 heteroatoms. The molecule has 1 atom stereocenters. The number of esters is 1. The Bertz CT molecular complexity index is 1680. The molecule has 3 aromatic carbocycles. The Morgan fingerprint density at radius 1 is 0.900 bits per heavy atom. The molecule has 202 valence electrons. The minimum atomic E-state index is -1.03. The maximum Gasteiger partial charge on any atom is 0.351 e. The molecule has 1 unspecified atom stereocenters. The summed E-state index contributed by atoms with van der Waals surface area (Å²) in [6, 6.07) is 25.7. The summed E-state index contributed by atoms with van der Waals surface area (Å²) in [5.74, 6) is 0.461. The SMILES string of the molecule is CCc1nc2c(C)cc(C)nc2n1Cc1ccc(OC(C(=O)OC)c2ccccc2)c(C(=O)c2ccccc2)c1. The number of methoxy groups -OCH3 is 1. The highest BCUT2D eigenvalue weighted by molar-refractivity contribution is 6.10.